The van der Waals surface area contributed by atoms with Crippen LogP contribution in [-0.2, 0) is 12.8 Å². The van der Waals surface area contributed by atoms with E-state index >= 15 is 0 Å². The van der Waals surface area contributed by atoms with Gasteiger partial charge in [-0.15, -0.1) is 0 Å². The first-order chi connectivity index (χ1) is 10.2. The highest BCUT2D eigenvalue weighted by molar-refractivity contribution is 7.71. The van der Waals surface area contributed by atoms with Gasteiger partial charge in [0.25, 0.3) is 0 Å². The van der Waals surface area contributed by atoms with E-state index in [-0.39, 0.29) is 0 Å². The van der Waals surface area contributed by atoms with E-state index in [9.17, 15) is 0 Å². The standard InChI is InChI=1S/C16H18N2O2S/c1-19-13-8-7-10(9-14(13)20-2)15-17-12-6-4-3-5-11(12)16(21)18-15/h7-9H,3-6H2,1-2H3,(H,17,18,21). The fourth-order valence-electron chi connectivity index (χ4n) is 2.74. The fraction of sp³-hybridized carbons (Fsp3) is 0.375. The molecule has 110 valence electrons. The van der Waals surface area contributed by atoms with Gasteiger partial charge in [-0.05, 0) is 43.9 Å². The summed E-state index contributed by atoms with van der Waals surface area (Å²) in [6.45, 7) is 0. The van der Waals surface area contributed by atoms with E-state index in [0.29, 0.717) is 16.1 Å². The number of aromatic nitrogens is 2. The molecule has 0 amide bonds. The van der Waals surface area contributed by atoms with Crippen molar-refractivity contribution in [3.63, 3.8) is 0 Å². The van der Waals surface area contributed by atoms with Gasteiger partial charge in [0.1, 0.15) is 10.5 Å². The van der Waals surface area contributed by atoms with Crippen molar-refractivity contribution in [2.45, 2.75) is 25.7 Å². The van der Waals surface area contributed by atoms with Crippen LogP contribution in [0.5, 0.6) is 11.5 Å². The van der Waals surface area contributed by atoms with Crippen LogP contribution < -0.4 is 9.47 Å². The molecule has 2 aromatic rings. The first-order valence-corrected chi connectivity index (χ1v) is 7.48. The molecule has 1 aliphatic carbocycles. The molecule has 3 rings (SSSR count). The van der Waals surface area contributed by atoms with Gasteiger partial charge in [-0.25, -0.2) is 4.98 Å². The van der Waals surface area contributed by atoms with Gasteiger partial charge in [-0.1, -0.05) is 12.2 Å². The number of H-pyrrole nitrogens is 1. The van der Waals surface area contributed by atoms with Crippen molar-refractivity contribution in [2.24, 2.45) is 0 Å². The van der Waals surface area contributed by atoms with Gasteiger partial charge in [-0.2, -0.15) is 0 Å². The number of fused-ring (bicyclic) bond motifs is 1. The first kappa shape index (κ1) is 14.1. The lowest BCUT2D eigenvalue weighted by molar-refractivity contribution is 0.355. The molecule has 0 spiro atoms. The van der Waals surface area contributed by atoms with E-state index in [1.165, 1.54) is 24.1 Å². The Hall–Kier alpha value is -1.88. The summed E-state index contributed by atoms with van der Waals surface area (Å²) in [6.07, 6.45) is 4.47. The van der Waals surface area contributed by atoms with Gasteiger partial charge >= 0.3 is 0 Å². The molecule has 1 aromatic heterocycles. The molecular formula is C16H18N2O2S. The van der Waals surface area contributed by atoms with Crippen molar-refractivity contribution in [1.82, 2.24) is 9.97 Å². The van der Waals surface area contributed by atoms with E-state index < -0.39 is 0 Å². The van der Waals surface area contributed by atoms with Crippen molar-refractivity contribution in [3.05, 3.63) is 34.1 Å². The van der Waals surface area contributed by atoms with Crippen molar-refractivity contribution in [1.29, 1.82) is 0 Å². The number of benzene rings is 1. The van der Waals surface area contributed by atoms with E-state index in [1.807, 2.05) is 18.2 Å². The van der Waals surface area contributed by atoms with Crippen molar-refractivity contribution >= 4 is 12.2 Å². The normalized spacial score (nSPS) is 13.6. The number of ether oxygens (including phenoxy) is 2. The Kier molecular flexibility index (Phi) is 3.92. The molecule has 5 heteroatoms. The SMILES string of the molecule is COc1ccc(-c2nc(=S)c3c([nH]2)CCCC3)cc1OC. The van der Waals surface area contributed by atoms with Gasteiger partial charge in [0.05, 0.1) is 14.2 Å². The monoisotopic (exact) mass is 302 g/mol. The van der Waals surface area contributed by atoms with Crippen LogP contribution in [0.25, 0.3) is 11.4 Å². The third kappa shape index (κ3) is 2.65. The Morgan fingerprint density at radius 3 is 2.62 bits per heavy atom. The van der Waals surface area contributed by atoms with Crippen LogP contribution in [0.3, 0.4) is 0 Å². The molecule has 1 aromatic carbocycles. The van der Waals surface area contributed by atoms with Gasteiger partial charge in [-0.3, -0.25) is 0 Å². The third-order valence-electron chi connectivity index (χ3n) is 3.87. The minimum atomic E-state index is 0.689. The lowest BCUT2D eigenvalue weighted by Gasteiger charge is -2.17. The van der Waals surface area contributed by atoms with Crippen LogP contribution >= 0.6 is 12.2 Å². The number of rotatable bonds is 3. The quantitative estimate of drug-likeness (QED) is 0.878. The molecule has 0 radical (unpaired) electrons. The van der Waals surface area contributed by atoms with Crippen molar-refractivity contribution in [3.8, 4) is 22.9 Å². The second kappa shape index (κ2) is 5.85. The fourth-order valence-corrected chi connectivity index (χ4v) is 3.06. The summed E-state index contributed by atoms with van der Waals surface area (Å²) in [5.41, 5.74) is 3.39. The van der Waals surface area contributed by atoms with Crippen LogP contribution in [0.2, 0.25) is 0 Å². The Bertz CT molecular complexity index is 725. The number of nitrogens with zero attached hydrogens (tertiary/aromatic N) is 1. The second-order valence-corrected chi connectivity index (χ2v) is 5.51. The highest BCUT2D eigenvalue weighted by Crippen LogP contribution is 2.32. The van der Waals surface area contributed by atoms with Gasteiger partial charge < -0.3 is 14.5 Å². The van der Waals surface area contributed by atoms with Crippen LogP contribution in [0.1, 0.15) is 24.1 Å². The Balaban J connectivity index is 2.08. The van der Waals surface area contributed by atoms with E-state index in [4.69, 9.17) is 21.7 Å². The van der Waals surface area contributed by atoms with Crippen molar-refractivity contribution < 1.29 is 9.47 Å². The largest absolute Gasteiger partial charge is 0.493 e. The lowest BCUT2D eigenvalue weighted by atomic mass is 9.97. The summed E-state index contributed by atoms with van der Waals surface area (Å²) in [4.78, 5) is 7.99. The Morgan fingerprint density at radius 1 is 1.10 bits per heavy atom. The van der Waals surface area contributed by atoms with E-state index in [1.54, 1.807) is 14.2 Å². The number of nitrogens with one attached hydrogen (secondary N) is 1. The maximum Gasteiger partial charge on any atom is 0.161 e. The summed E-state index contributed by atoms with van der Waals surface area (Å²) < 4.78 is 11.3. The molecule has 0 atom stereocenters. The zero-order valence-corrected chi connectivity index (χ0v) is 13.0. The molecule has 0 fully saturated rings. The van der Waals surface area contributed by atoms with Gasteiger partial charge in [0.15, 0.2) is 11.5 Å². The molecule has 1 N–H and O–H groups in total. The molecule has 1 heterocycles. The van der Waals surface area contributed by atoms with Gasteiger partial charge in [0.2, 0.25) is 0 Å². The molecule has 1 aliphatic rings. The molecule has 0 unspecified atom stereocenters. The lowest BCUT2D eigenvalue weighted by Crippen LogP contribution is -2.08. The molecule has 0 aliphatic heterocycles. The van der Waals surface area contributed by atoms with Crippen LogP contribution in [0.4, 0.5) is 0 Å². The Labute approximate surface area is 129 Å². The summed E-state index contributed by atoms with van der Waals surface area (Å²) in [5.74, 6) is 2.19. The summed E-state index contributed by atoms with van der Waals surface area (Å²) in [5, 5.41) is 0. The number of hydrogen-bond acceptors (Lipinski definition) is 4. The third-order valence-corrected chi connectivity index (χ3v) is 4.20. The molecule has 4 nitrogen and oxygen atoms in total. The second-order valence-electron chi connectivity index (χ2n) is 5.12. The number of aryl methyl sites for hydroxylation is 1. The number of hydrogen-bond donors (Lipinski definition) is 1. The van der Waals surface area contributed by atoms with E-state index in [2.05, 4.69) is 9.97 Å². The predicted octanol–water partition coefficient (Wildman–Crippen LogP) is 3.70. The first-order valence-electron chi connectivity index (χ1n) is 7.07. The summed E-state index contributed by atoms with van der Waals surface area (Å²) >= 11 is 5.45. The number of methoxy groups -OCH3 is 2. The number of aromatic amines is 1. The highest BCUT2D eigenvalue weighted by atomic mass is 32.1. The minimum absolute atomic E-state index is 0.689. The van der Waals surface area contributed by atoms with Crippen LogP contribution in [-0.4, -0.2) is 24.2 Å². The zero-order valence-electron chi connectivity index (χ0n) is 12.2. The van der Waals surface area contributed by atoms with Crippen LogP contribution in [0, 0.1) is 4.64 Å². The summed E-state index contributed by atoms with van der Waals surface area (Å²) in [6, 6.07) is 5.76. The highest BCUT2D eigenvalue weighted by Gasteiger charge is 2.15. The minimum Gasteiger partial charge on any atom is -0.493 e. The summed E-state index contributed by atoms with van der Waals surface area (Å²) in [7, 11) is 3.26. The van der Waals surface area contributed by atoms with Crippen LogP contribution in [0.15, 0.2) is 18.2 Å². The topological polar surface area (TPSA) is 47.1 Å². The zero-order chi connectivity index (χ0) is 14.8. The maximum absolute atomic E-state index is 5.45. The molecule has 0 bridgehead atoms. The smallest absolute Gasteiger partial charge is 0.161 e. The maximum atomic E-state index is 5.45. The molecule has 21 heavy (non-hydrogen) atoms. The molecule has 0 saturated heterocycles. The predicted molar refractivity (Wildman–Crippen MR) is 84.6 cm³/mol. The Morgan fingerprint density at radius 2 is 1.86 bits per heavy atom. The average molecular weight is 302 g/mol. The molecule has 0 saturated carbocycles. The van der Waals surface area contributed by atoms with E-state index in [0.717, 1.165) is 24.2 Å². The average Bonchev–Trinajstić information content (AvgIpc) is 2.54. The van der Waals surface area contributed by atoms with Gasteiger partial charge in [0, 0.05) is 16.8 Å². The molecular weight excluding hydrogens is 284 g/mol. The van der Waals surface area contributed by atoms with Crippen molar-refractivity contribution in [2.75, 3.05) is 14.2 Å².